The molecule has 0 saturated carbocycles. The first kappa shape index (κ1) is 13.4. The molecule has 0 saturated heterocycles. The summed E-state index contributed by atoms with van der Waals surface area (Å²) in [5.74, 6) is 0.996. The number of aryl methyl sites for hydroxylation is 1. The molecule has 2 heterocycles. The van der Waals surface area contributed by atoms with Crippen LogP contribution in [0.15, 0.2) is 30.5 Å². The van der Waals surface area contributed by atoms with Crippen molar-refractivity contribution < 1.29 is 4.79 Å². The Labute approximate surface area is 122 Å². The number of hydrogen-bond donors (Lipinski definition) is 2. The average Bonchev–Trinajstić information content (AvgIpc) is 3.04. The third kappa shape index (κ3) is 2.40. The Hall–Kier alpha value is -2.63. The lowest BCUT2D eigenvalue weighted by Crippen LogP contribution is -2.11. The van der Waals surface area contributed by atoms with Crippen molar-refractivity contribution in [2.24, 2.45) is 0 Å². The minimum absolute atomic E-state index is 0.0751. The van der Waals surface area contributed by atoms with Gasteiger partial charge < -0.3 is 10.3 Å². The number of fused-ring (bicyclic) bond motifs is 1. The Kier molecular flexibility index (Phi) is 3.43. The fraction of sp³-hybridized carbons (Fsp3) is 0.267. The molecule has 0 bridgehead atoms. The molecule has 3 aromatic rings. The number of Topliss-reactive ketones (excluding diaryl/α,β-unsaturated/α-hetero) is 1. The summed E-state index contributed by atoms with van der Waals surface area (Å²) in [4.78, 5) is 16.9. The molecule has 0 radical (unpaired) electrons. The van der Waals surface area contributed by atoms with Crippen molar-refractivity contribution in [3.05, 3.63) is 41.9 Å². The monoisotopic (exact) mass is 283 g/mol. The van der Waals surface area contributed by atoms with Crippen molar-refractivity contribution in [3.63, 3.8) is 0 Å². The van der Waals surface area contributed by atoms with E-state index in [4.69, 9.17) is 5.73 Å². The number of aromatic nitrogens is 4. The molecule has 0 aliphatic rings. The van der Waals surface area contributed by atoms with Gasteiger partial charge in [0.05, 0.1) is 29.2 Å². The summed E-state index contributed by atoms with van der Waals surface area (Å²) in [6.07, 6.45) is 2.66. The number of para-hydroxylation sites is 2. The van der Waals surface area contributed by atoms with Gasteiger partial charge in [0.1, 0.15) is 11.6 Å². The molecule has 108 valence electrons. The van der Waals surface area contributed by atoms with Crippen LogP contribution in [0.3, 0.4) is 0 Å². The van der Waals surface area contributed by atoms with E-state index in [2.05, 4.69) is 26.7 Å². The second-order valence-electron chi connectivity index (χ2n) is 4.97. The Morgan fingerprint density at radius 3 is 2.90 bits per heavy atom. The number of nitrogens with one attached hydrogen (secondary N) is 1. The lowest BCUT2D eigenvalue weighted by Gasteiger charge is -2.07. The highest BCUT2D eigenvalue weighted by molar-refractivity contribution is 6.01. The van der Waals surface area contributed by atoms with E-state index in [1.165, 1.54) is 6.20 Å². The van der Waals surface area contributed by atoms with Gasteiger partial charge in [-0.15, -0.1) is 0 Å². The molecule has 1 aromatic carbocycles. The molecule has 0 unspecified atom stereocenters. The number of nitrogen functional groups attached to an aromatic ring is 1. The average molecular weight is 283 g/mol. The summed E-state index contributed by atoms with van der Waals surface area (Å²) >= 11 is 0. The van der Waals surface area contributed by atoms with E-state index in [1.807, 2.05) is 24.3 Å². The van der Waals surface area contributed by atoms with Crippen LogP contribution in [0.4, 0.5) is 5.82 Å². The molecule has 2 aromatic heterocycles. The fourth-order valence-electron chi connectivity index (χ4n) is 2.49. The highest BCUT2D eigenvalue weighted by atomic mass is 16.1. The first-order chi connectivity index (χ1) is 10.2. The van der Waals surface area contributed by atoms with Crippen LogP contribution >= 0.6 is 0 Å². The van der Waals surface area contributed by atoms with Crippen molar-refractivity contribution in [1.29, 1.82) is 0 Å². The zero-order valence-electron chi connectivity index (χ0n) is 11.8. The smallest absolute Gasteiger partial charge is 0.175 e. The Bertz CT molecular complexity index is 786. The van der Waals surface area contributed by atoms with Crippen molar-refractivity contribution in [3.8, 4) is 0 Å². The maximum atomic E-state index is 12.3. The van der Waals surface area contributed by atoms with Crippen LogP contribution < -0.4 is 5.73 Å². The number of anilines is 1. The van der Waals surface area contributed by atoms with Gasteiger partial charge in [-0.1, -0.05) is 19.1 Å². The molecule has 0 aliphatic heterocycles. The topological polar surface area (TPSA) is 89.6 Å². The van der Waals surface area contributed by atoms with Crippen LogP contribution in [0.2, 0.25) is 0 Å². The quantitative estimate of drug-likeness (QED) is 0.702. The zero-order chi connectivity index (χ0) is 14.8. The maximum absolute atomic E-state index is 12.3. The highest BCUT2D eigenvalue weighted by Crippen LogP contribution is 2.19. The molecule has 0 amide bonds. The maximum Gasteiger partial charge on any atom is 0.175 e. The van der Waals surface area contributed by atoms with Gasteiger partial charge in [0.15, 0.2) is 5.78 Å². The number of aromatic amines is 1. The molecule has 0 fully saturated rings. The van der Waals surface area contributed by atoms with Gasteiger partial charge >= 0.3 is 0 Å². The normalized spacial score (nSPS) is 11.1. The molecule has 0 spiro atoms. The Balaban J connectivity index is 1.98. The largest absolute Gasteiger partial charge is 0.383 e. The summed E-state index contributed by atoms with van der Waals surface area (Å²) in [5.41, 5.74) is 8.09. The number of nitrogens with two attached hydrogens (primary N) is 1. The number of benzene rings is 1. The molecule has 3 N–H and O–H groups in total. The molecule has 21 heavy (non-hydrogen) atoms. The molecule has 0 aliphatic carbocycles. The van der Waals surface area contributed by atoms with Gasteiger partial charge in [-0.2, -0.15) is 5.10 Å². The lowest BCUT2D eigenvalue weighted by molar-refractivity contribution is 0.0991. The number of hydrogen-bond acceptors (Lipinski definition) is 4. The molecule has 6 heteroatoms. The van der Waals surface area contributed by atoms with E-state index in [-0.39, 0.29) is 12.2 Å². The van der Waals surface area contributed by atoms with Crippen LogP contribution in [0.25, 0.3) is 11.0 Å². The van der Waals surface area contributed by atoms with Gasteiger partial charge in [0.2, 0.25) is 0 Å². The van der Waals surface area contributed by atoms with Crippen molar-refractivity contribution in [2.45, 2.75) is 26.3 Å². The van der Waals surface area contributed by atoms with Gasteiger partial charge in [-0.3, -0.25) is 9.89 Å². The number of imidazole rings is 1. The second-order valence-corrected chi connectivity index (χ2v) is 4.97. The Morgan fingerprint density at radius 1 is 1.38 bits per heavy atom. The standard InChI is InChI=1S/C15H17N5O/c1-2-7-20-12-6-4-3-5-11(12)18-14(20)8-13(21)10-9-17-19-15(10)16/h3-6,9H,2,7-8H2,1H3,(H3,16,17,19). The van der Waals surface area contributed by atoms with Gasteiger partial charge in [-0.05, 0) is 18.6 Å². The molecule has 6 nitrogen and oxygen atoms in total. The van der Waals surface area contributed by atoms with Crippen molar-refractivity contribution >= 4 is 22.6 Å². The fourth-order valence-corrected chi connectivity index (χ4v) is 2.49. The second kappa shape index (κ2) is 5.40. The van der Waals surface area contributed by atoms with Crippen LogP contribution in [0, 0.1) is 0 Å². The molecular formula is C15H17N5O. The summed E-state index contributed by atoms with van der Waals surface area (Å²) < 4.78 is 2.10. The van der Waals surface area contributed by atoms with E-state index in [9.17, 15) is 4.79 Å². The summed E-state index contributed by atoms with van der Waals surface area (Å²) in [5, 5.41) is 6.37. The van der Waals surface area contributed by atoms with E-state index in [1.54, 1.807) is 0 Å². The SMILES string of the molecule is CCCn1c(CC(=O)c2cn[nH]c2N)nc2ccccc21. The molecule has 0 atom stereocenters. The Morgan fingerprint density at radius 2 is 2.19 bits per heavy atom. The summed E-state index contributed by atoms with van der Waals surface area (Å²) in [7, 11) is 0. The number of H-pyrrole nitrogens is 1. The zero-order valence-corrected chi connectivity index (χ0v) is 11.8. The third-order valence-corrected chi connectivity index (χ3v) is 3.47. The van der Waals surface area contributed by atoms with Crippen LogP contribution in [-0.2, 0) is 13.0 Å². The summed E-state index contributed by atoms with van der Waals surface area (Å²) in [6, 6.07) is 7.92. The third-order valence-electron chi connectivity index (χ3n) is 3.47. The van der Waals surface area contributed by atoms with Gasteiger partial charge in [0, 0.05) is 6.54 Å². The van der Waals surface area contributed by atoms with Gasteiger partial charge in [-0.25, -0.2) is 4.98 Å². The van der Waals surface area contributed by atoms with Crippen LogP contribution in [-0.4, -0.2) is 25.5 Å². The van der Waals surface area contributed by atoms with Crippen LogP contribution in [0.1, 0.15) is 29.5 Å². The number of ketones is 1. The minimum atomic E-state index is -0.0751. The van der Waals surface area contributed by atoms with Crippen molar-refractivity contribution in [1.82, 2.24) is 19.7 Å². The van der Waals surface area contributed by atoms with Crippen LogP contribution in [0.5, 0.6) is 0 Å². The van der Waals surface area contributed by atoms with Gasteiger partial charge in [0.25, 0.3) is 0 Å². The number of carbonyl (C=O) groups is 1. The predicted octanol–water partition coefficient (Wildman–Crippen LogP) is 2.18. The number of rotatable bonds is 5. The number of nitrogens with zero attached hydrogens (tertiary/aromatic N) is 3. The minimum Gasteiger partial charge on any atom is -0.383 e. The first-order valence-electron chi connectivity index (χ1n) is 6.97. The first-order valence-corrected chi connectivity index (χ1v) is 6.97. The van der Waals surface area contributed by atoms with E-state index in [0.29, 0.717) is 11.4 Å². The highest BCUT2D eigenvalue weighted by Gasteiger charge is 2.17. The predicted molar refractivity (Wildman–Crippen MR) is 81.1 cm³/mol. The van der Waals surface area contributed by atoms with Crippen molar-refractivity contribution in [2.75, 3.05) is 5.73 Å². The lowest BCUT2D eigenvalue weighted by atomic mass is 10.1. The van der Waals surface area contributed by atoms with E-state index in [0.717, 1.165) is 29.8 Å². The van der Waals surface area contributed by atoms with E-state index >= 15 is 0 Å². The number of carbonyl (C=O) groups excluding carboxylic acids is 1. The summed E-state index contributed by atoms with van der Waals surface area (Å²) in [6.45, 7) is 2.94. The van der Waals surface area contributed by atoms with E-state index < -0.39 is 0 Å². The molecule has 3 rings (SSSR count). The molecular weight excluding hydrogens is 266 g/mol.